The lowest BCUT2D eigenvalue weighted by molar-refractivity contribution is 0.587. The van der Waals surface area contributed by atoms with Gasteiger partial charge in [-0.2, -0.15) is 0 Å². The van der Waals surface area contributed by atoms with Gasteiger partial charge in [-0.05, 0) is 18.2 Å². The molecule has 0 spiro atoms. The Balaban J connectivity index is 1.76. The standard InChI is InChI=1S/C14H15FN2/c15-14-7-2-1-5-12(14)11-16-10-8-13-6-3-4-9-17-13/h1-7,9,16H,8,10-11H2. The summed E-state index contributed by atoms with van der Waals surface area (Å²) in [7, 11) is 0. The Morgan fingerprint density at radius 3 is 2.65 bits per heavy atom. The minimum absolute atomic E-state index is 0.155. The molecule has 2 nitrogen and oxygen atoms in total. The van der Waals surface area contributed by atoms with Crippen molar-refractivity contribution in [1.29, 1.82) is 0 Å². The molecule has 1 N–H and O–H groups in total. The highest BCUT2D eigenvalue weighted by Gasteiger charge is 1.99. The third kappa shape index (κ3) is 3.64. The van der Waals surface area contributed by atoms with Gasteiger partial charge in [0.25, 0.3) is 0 Å². The molecule has 0 aliphatic carbocycles. The first-order valence-electron chi connectivity index (χ1n) is 5.70. The zero-order valence-electron chi connectivity index (χ0n) is 9.57. The minimum Gasteiger partial charge on any atom is -0.312 e. The first kappa shape index (κ1) is 11.7. The average molecular weight is 230 g/mol. The van der Waals surface area contributed by atoms with E-state index in [1.807, 2.05) is 24.3 Å². The molecule has 2 rings (SSSR count). The summed E-state index contributed by atoms with van der Waals surface area (Å²) in [6, 6.07) is 12.7. The van der Waals surface area contributed by atoms with E-state index in [0.29, 0.717) is 12.1 Å². The second-order valence-corrected chi connectivity index (χ2v) is 3.84. The molecule has 0 saturated carbocycles. The van der Waals surface area contributed by atoms with Crippen molar-refractivity contribution >= 4 is 0 Å². The Morgan fingerprint density at radius 2 is 1.88 bits per heavy atom. The van der Waals surface area contributed by atoms with Crippen molar-refractivity contribution in [2.75, 3.05) is 6.54 Å². The maximum atomic E-state index is 13.3. The lowest BCUT2D eigenvalue weighted by Crippen LogP contribution is -2.17. The molecule has 0 fully saturated rings. The van der Waals surface area contributed by atoms with Gasteiger partial charge in [-0.3, -0.25) is 4.98 Å². The predicted octanol–water partition coefficient (Wildman–Crippen LogP) is 2.55. The molecule has 1 aromatic heterocycles. The van der Waals surface area contributed by atoms with Crippen LogP contribution in [0.1, 0.15) is 11.3 Å². The molecule has 0 radical (unpaired) electrons. The quantitative estimate of drug-likeness (QED) is 0.798. The third-order valence-corrected chi connectivity index (χ3v) is 2.56. The molecule has 0 aliphatic rings. The van der Waals surface area contributed by atoms with E-state index in [-0.39, 0.29) is 5.82 Å². The van der Waals surface area contributed by atoms with Crippen molar-refractivity contribution < 1.29 is 4.39 Å². The molecule has 0 unspecified atom stereocenters. The smallest absolute Gasteiger partial charge is 0.127 e. The molecule has 0 saturated heterocycles. The van der Waals surface area contributed by atoms with Crippen molar-refractivity contribution in [3.05, 3.63) is 65.7 Å². The van der Waals surface area contributed by atoms with Gasteiger partial charge in [-0.25, -0.2) is 4.39 Å². The number of hydrogen-bond acceptors (Lipinski definition) is 2. The first-order chi connectivity index (χ1) is 8.36. The molecule has 2 aromatic rings. The number of hydrogen-bond donors (Lipinski definition) is 1. The van der Waals surface area contributed by atoms with Gasteiger partial charge in [-0.1, -0.05) is 24.3 Å². The molecule has 0 aliphatic heterocycles. The lowest BCUT2D eigenvalue weighted by Gasteiger charge is -2.05. The average Bonchev–Trinajstić information content (AvgIpc) is 2.38. The SMILES string of the molecule is Fc1ccccc1CNCCc1ccccn1. The molecule has 0 bridgehead atoms. The van der Waals surface area contributed by atoms with Crippen LogP contribution < -0.4 is 5.32 Å². The number of aromatic nitrogens is 1. The number of nitrogens with one attached hydrogen (secondary N) is 1. The second-order valence-electron chi connectivity index (χ2n) is 3.84. The first-order valence-corrected chi connectivity index (χ1v) is 5.70. The van der Waals surface area contributed by atoms with Crippen LogP contribution in [0.4, 0.5) is 4.39 Å². The maximum Gasteiger partial charge on any atom is 0.127 e. The van der Waals surface area contributed by atoms with Crippen molar-refractivity contribution in [1.82, 2.24) is 10.3 Å². The summed E-state index contributed by atoms with van der Waals surface area (Å²) in [5.74, 6) is -0.155. The van der Waals surface area contributed by atoms with Gasteiger partial charge in [0, 0.05) is 37.0 Å². The highest BCUT2D eigenvalue weighted by Crippen LogP contribution is 2.05. The van der Waals surface area contributed by atoms with E-state index in [9.17, 15) is 4.39 Å². The van der Waals surface area contributed by atoms with Gasteiger partial charge in [0.05, 0.1) is 0 Å². The molecular weight excluding hydrogens is 215 g/mol. The molecule has 88 valence electrons. The predicted molar refractivity (Wildman–Crippen MR) is 66.0 cm³/mol. The van der Waals surface area contributed by atoms with Crippen LogP contribution in [0.3, 0.4) is 0 Å². The van der Waals surface area contributed by atoms with Crippen molar-refractivity contribution in [2.24, 2.45) is 0 Å². The van der Waals surface area contributed by atoms with E-state index in [1.54, 1.807) is 18.3 Å². The van der Waals surface area contributed by atoms with E-state index in [4.69, 9.17) is 0 Å². The lowest BCUT2D eigenvalue weighted by atomic mass is 10.2. The van der Waals surface area contributed by atoms with Crippen LogP contribution in [0.25, 0.3) is 0 Å². The topological polar surface area (TPSA) is 24.9 Å². The van der Waals surface area contributed by atoms with Gasteiger partial charge < -0.3 is 5.32 Å². The van der Waals surface area contributed by atoms with Gasteiger partial charge in [0.1, 0.15) is 5.82 Å². The van der Waals surface area contributed by atoms with Crippen LogP contribution in [0.15, 0.2) is 48.7 Å². The number of nitrogens with zero attached hydrogens (tertiary/aromatic N) is 1. The van der Waals surface area contributed by atoms with Crippen molar-refractivity contribution in [3.8, 4) is 0 Å². The van der Waals surface area contributed by atoms with Crippen LogP contribution in [-0.4, -0.2) is 11.5 Å². The highest BCUT2D eigenvalue weighted by atomic mass is 19.1. The minimum atomic E-state index is -0.155. The zero-order chi connectivity index (χ0) is 11.9. The summed E-state index contributed by atoms with van der Waals surface area (Å²) in [6.45, 7) is 1.35. The molecule has 1 aromatic carbocycles. The molecule has 0 amide bonds. The summed E-state index contributed by atoms with van der Waals surface area (Å²) in [6.07, 6.45) is 2.64. The fourth-order valence-electron chi connectivity index (χ4n) is 1.63. The summed E-state index contributed by atoms with van der Waals surface area (Å²) >= 11 is 0. The summed E-state index contributed by atoms with van der Waals surface area (Å²) in [5.41, 5.74) is 1.75. The Kier molecular flexibility index (Phi) is 4.22. The molecule has 0 atom stereocenters. The fraction of sp³-hybridized carbons (Fsp3) is 0.214. The van der Waals surface area contributed by atoms with Gasteiger partial charge in [0.2, 0.25) is 0 Å². The normalized spacial score (nSPS) is 10.4. The summed E-state index contributed by atoms with van der Waals surface area (Å²) in [4.78, 5) is 4.23. The molecule has 1 heterocycles. The second kappa shape index (κ2) is 6.11. The number of pyridine rings is 1. The highest BCUT2D eigenvalue weighted by molar-refractivity contribution is 5.16. The van der Waals surface area contributed by atoms with E-state index in [2.05, 4.69) is 10.3 Å². The van der Waals surface area contributed by atoms with E-state index >= 15 is 0 Å². The van der Waals surface area contributed by atoms with Gasteiger partial charge >= 0.3 is 0 Å². The van der Waals surface area contributed by atoms with E-state index in [0.717, 1.165) is 18.7 Å². The number of benzene rings is 1. The van der Waals surface area contributed by atoms with Crippen molar-refractivity contribution in [2.45, 2.75) is 13.0 Å². The van der Waals surface area contributed by atoms with Crippen LogP contribution in [0.5, 0.6) is 0 Å². The van der Waals surface area contributed by atoms with E-state index in [1.165, 1.54) is 6.07 Å². The summed E-state index contributed by atoms with van der Waals surface area (Å²) in [5, 5.41) is 3.21. The van der Waals surface area contributed by atoms with Gasteiger partial charge in [0.15, 0.2) is 0 Å². The molecule has 17 heavy (non-hydrogen) atoms. The molecular formula is C14H15FN2. The Hall–Kier alpha value is -1.74. The van der Waals surface area contributed by atoms with Gasteiger partial charge in [-0.15, -0.1) is 0 Å². The van der Waals surface area contributed by atoms with Crippen LogP contribution in [0.2, 0.25) is 0 Å². The number of halogens is 1. The summed E-state index contributed by atoms with van der Waals surface area (Å²) < 4.78 is 13.3. The largest absolute Gasteiger partial charge is 0.312 e. The maximum absolute atomic E-state index is 13.3. The van der Waals surface area contributed by atoms with Crippen LogP contribution in [0, 0.1) is 5.82 Å². The Labute approximate surface area is 101 Å². The van der Waals surface area contributed by atoms with E-state index < -0.39 is 0 Å². The van der Waals surface area contributed by atoms with Crippen LogP contribution in [-0.2, 0) is 13.0 Å². The van der Waals surface area contributed by atoms with Crippen molar-refractivity contribution in [3.63, 3.8) is 0 Å². The molecule has 3 heteroatoms. The monoisotopic (exact) mass is 230 g/mol. The zero-order valence-corrected chi connectivity index (χ0v) is 9.57. The Bertz CT molecular complexity index is 457. The fourth-order valence-corrected chi connectivity index (χ4v) is 1.63. The van der Waals surface area contributed by atoms with Crippen LogP contribution >= 0.6 is 0 Å². The number of rotatable bonds is 5. The third-order valence-electron chi connectivity index (χ3n) is 2.56. The Morgan fingerprint density at radius 1 is 1.06 bits per heavy atom.